The summed E-state index contributed by atoms with van der Waals surface area (Å²) in [4.78, 5) is 27.5. The predicted molar refractivity (Wildman–Crippen MR) is 65.9 cm³/mol. The Hall–Kier alpha value is -1.84. The first-order valence-corrected chi connectivity index (χ1v) is 5.33. The number of carbonyl (C=O) groups is 2. The summed E-state index contributed by atoms with van der Waals surface area (Å²) in [5.41, 5.74) is 1.24. The van der Waals surface area contributed by atoms with Gasteiger partial charge in [-0.25, -0.2) is 4.79 Å². The third kappa shape index (κ3) is 3.56. The fourth-order valence-electron chi connectivity index (χ4n) is 1.61. The molecule has 0 aliphatic carbocycles. The van der Waals surface area contributed by atoms with Crippen LogP contribution in [0, 0.1) is 0 Å². The van der Waals surface area contributed by atoms with E-state index in [-0.39, 0.29) is 30.8 Å². The molecule has 0 saturated carbocycles. The minimum absolute atomic E-state index is 0. The SMILES string of the molecule is NOC(=O)c1cccc(C(=O)c2ccccc2)c1.[Zn]. The molecular formula is C14H11NO3Zn. The van der Waals surface area contributed by atoms with Crippen molar-refractivity contribution in [2.24, 2.45) is 5.90 Å². The number of carbonyl (C=O) groups excluding carboxylic acids is 2. The molecule has 2 aromatic carbocycles. The van der Waals surface area contributed by atoms with Crippen LogP contribution in [0.1, 0.15) is 26.3 Å². The van der Waals surface area contributed by atoms with Gasteiger partial charge in [0.15, 0.2) is 5.78 Å². The second-order valence-corrected chi connectivity index (χ2v) is 3.68. The number of rotatable bonds is 3. The summed E-state index contributed by atoms with van der Waals surface area (Å²) in [5, 5.41) is 0. The molecule has 0 aromatic heterocycles. The number of ketones is 1. The first-order chi connectivity index (χ1) is 8.72. The Labute approximate surface area is 123 Å². The topological polar surface area (TPSA) is 69.4 Å². The Morgan fingerprint density at radius 2 is 1.42 bits per heavy atom. The molecule has 0 aliphatic rings. The number of nitrogens with two attached hydrogens (primary N) is 1. The molecule has 0 atom stereocenters. The van der Waals surface area contributed by atoms with E-state index in [1.165, 1.54) is 12.1 Å². The molecule has 0 unspecified atom stereocenters. The maximum atomic E-state index is 12.1. The van der Waals surface area contributed by atoms with Crippen molar-refractivity contribution < 1.29 is 33.9 Å². The van der Waals surface area contributed by atoms with Gasteiger partial charge in [-0.15, -0.1) is 0 Å². The molecule has 92 valence electrons. The van der Waals surface area contributed by atoms with E-state index in [2.05, 4.69) is 4.84 Å². The minimum atomic E-state index is -0.669. The zero-order valence-electron chi connectivity index (χ0n) is 10.2. The Morgan fingerprint density at radius 1 is 0.842 bits per heavy atom. The van der Waals surface area contributed by atoms with Crippen molar-refractivity contribution in [3.05, 3.63) is 71.3 Å². The molecular weight excluding hydrogens is 296 g/mol. The maximum absolute atomic E-state index is 12.1. The molecule has 0 heterocycles. The monoisotopic (exact) mass is 305 g/mol. The van der Waals surface area contributed by atoms with E-state index in [1.54, 1.807) is 36.4 Å². The van der Waals surface area contributed by atoms with Crippen LogP contribution in [0.3, 0.4) is 0 Å². The zero-order valence-corrected chi connectivity index (χ0v) is 13.2. The first kappa shape index (κ1) is 15.2. The van der Waals surface area contributed by atoms with Crippen LogP contribution in [0.25, 0.3) is 0 Å². The fraction of sp³-hybridized carbons (Fsp3) is 0. The molecule has 0 aliphatic heterocycles. The van der Waals surface area contributed by atoms with Gasteiger partial charge in [0.2, 0.25) is 0 Å². The molecule has 5 heteroatoms. The fourth-order valence-corrected chi connectivity index (χ4v) is 1.61. The van der Waals surface area contributed by atoms with Crippen molar-refractivity contribution in [1.82, 2.24) is 0 Å². The van der Waals surface area contributed by atoms with Crippen LogP contribution in [0.4, 0.5) is 0 Å². The molecule has 0 amide bonds. The minimum Gasteiger partial charge on any atom is -0.370 e. The van der Waals surface area contributed by atoms with Gasteiger partial charge in [0.05, 0.1) is 5.56 Å². The van der Waals surface area contributed by atoms with E-state index in [9.17, 15) is 9.59 Å². The average Bonchev–Trinajstić information content (AvgIpc) is 2.46. The smallest absolute Gasteiger partial charge is 0.356 e. The van der Waals surface area contributed by atoms with E-state index in [0.29, 0.717) is 11.1 Å². The van der Waals surface area contributed by atoms with Crippen molar-refractivity contribution in [2.45, 2.75) is 0 Å². The first-order valence-electron chi connectivity index (χ1n) is 5.33. The molecule has 2 N–H and O–H groups in total. The Kier molecular flexibility index (Phi) is 5.55. The van der Waals surface area contributed by atoms with Crippen LogP contribution in [-0.2, 0) is 24.3 Å². The molecule has 0 spiro atoms. The van der Waals surface area contributed by atoms with E-state index in [1.807, 2.05) is 6.07 Å². The predicted octanol–water partition coefficient (Wildman–Crippen LogP) is 1.95. The van der Waals surface area contributed by atoms with Gasteiger partial charge >= 0.3 is 5.97 Å². The third-order valence-electron chi connectivity index (χ3n) is 2.50. The van der Waals surface area contributed by atoms with Crippen LogP contribution in [0.15, 0.2) is 54.6 Å². The average molecular weight is 307 g/mol. The largest absolute Gasteiger partial charge is 0.370 e. The summed E-state index contributed by atoms with van der Waals surface area (Å²) in [5.74, 6) is 3.99. The Morgan fingerprint density at radius 3 is 2.05 bits per heavy atom. The van der Waals surface area contributed by atoms with Crippen molar-refractivity contribution in [1.29, 1.82) is 0 Å². The van der Waals surface area contributed by atoms with Gasteiger partial charge in [-0.1, -0.05) is 42.5 Å². The quantitative estimate of drug-likeness (QED) is 0.534. The second-order valence-electron chi connectivity index (χ2n) is 3.68. The van der Waals surface area contributed by atoms with Gasteiger partial charge in [-0.3, -0.25) is 4.79 Å². The number of hydrogen-bond acceptors (Lipinski definition) is 4. The van der Waals surface area contributed by atoms with E-state index in [4.69, 9.17) is 5.90 Å². The van der Waals surface area contributed by atoms with Gasteiger partial charge in [0, 0.05) is 30.6 Å². The summed E-state index contributed by atoms with van der Waals surface area (Å²) in [6, 6.07) is 15.1. The Balaban J connectivity index is 0.00000180. The molecule has 2 aromatic rings. The van der Waals surface area contributed by atoms with Crippen molar-refractivity contribution in [3.8, 4) is 0 Å². The van der Waals surface area contributed by atoms with Gasteiger partial charge in [0.25, 0.3) is 0 Å². The van der Waals surface area contributed by atoms with Gasteiger partial charge in [-0.05, 0) is 12.1 Å². The van der Waals surface area contributed by atoms with Crippen LogP contribution < -0.4 is 5.90 Å². The van der Waals surface area contributed by atoms with Crippen molar-refractivity contribution >= 4 is 11.8 Å². The van der Waals surface area contributed by atoms with Crippen LogP contribution in [0.5, 0.6) is 0 Å². The summed E-state index contributed by atoms with van der Waals surface area (Å²) in [6.07, 6.45) is 0. The molecule has 0 radical (unpaired) electrons. The summed E-state index contributed by atoms with van der Waals surface area (Å²) < 4.78 is 0. The maximum Gasteiger partial charge on any atom is 0.356 e. The number of hydrogen-bond donors (Lipinski definition) is 1. The summed E-state index contributed by atoms with van der Waals surface area (Å²) >= 11 is 0. The van der Waals surface area contributed by atoms with Crippen molar-refractivity contribution in [3.63, 3.8) is 0 Å². The van der Waals surface area contributed by atoms with Crippen LogP contribution in [0.2, 0.25) is 0 Å². The molecule has 0 fully saturated rings. The van der Waals surface area contributed by atoms with Gasteiger partial charge < -0.3 is 4.84 Å². The molecule has 19 heavy (non-hydrogen) atoms. The van der Waals surface area contributed by atoms with Crippen LogP contribution in [-0.4, -0.2) is 11.8 Å². The van der Waals surface area contributed by atoms with Gasteiger partial charge in [0.1, 0.15) is 0 Å². The number of benzene rings is 2. The van der Waals surface area contributed by atoms with E-state index >= 15 is 0 Å². The molecule has 2 rings (SSSR count). The van der Waals surface area contributed by atoms with Crippen LogP contribution >= 0.6 is 0 Å². The third-order valence-corrected chi connectivity index (χ3v) is 2.50. The molecule has 4 nitrogen and oxygen atoms in total. The standard InChI is InChI=1S/C14H11NO3.Zn/c15-18-14(17)12-8-4-7-11(9-12)13(16)10-5-2-1-3-6-10;/h1-9H,15H2;. The van der Waals surface area contributed by atoms with E-state index < -0.39 is 5.97 Å². The zero-order chi connectivity index (χ0) is 13.0. The normalized spacial score (nSPS) is 9.32. The summed E-state index contributed by atoms with van der Waals surface area (Å²) in [6.45, 7) is 0. The molecule has 0 saturated heterocycles. The molecule has 0 bridgehead atoms. The van der Waals surface area contributed by atoms with E-state index in [0.717, 1.165) is 0 Å². The second kappa shape index (κ2) is 6.93. The summed E-state index contributed by atoms with van der Waals surface area (Å²) in [7, 11) is 0. The van der Waals surface area contributed by atoms with Crippen molar-refractivity contribution in [2.75, 3.05) is 0 Å². The Bertz CT molecular complexity index is 584. The van der Waals surface area contributed by atoms with Gasteiger partial charge in [-0.2, -0.15) is 5.90 Å².